The highest BCUT2D eigenvalue weighted by Crippen LogP contribution is 2.40. The number of hydrogen-bond acceptors (Lipinski definition) is 6. The van der Waals surface area contributed by atoms with Crippen LogP contribution in [0, 0.1) is 0 Å². The van der Waals surface area contributed by atoms with Crippen molar-refractivity contribution in [3.8, 4) is 17.2 Å². The minimum absolute atomic E-state index is 0.0334. The lowest BCUT2D eigenvalue weighted by Gasteiger charge is -2.15. The molecule has 31 heavy (non-hydrogen) atoms. The summed E-state index contributed by atoms with van der Waals surface area (Å²) in [5.74, 6) is 0.648. The van der Waals surface area contributed by atoms with Gasteiger partial charge in [0.25, 0.3) is 15.9 Å². The fourth-order valence-corrected chi connectivity index (χ4v) is 3.99. The molecule has 1 amide bonds. The van der Waals surface area contributed by atoms with Gasteiger partial charge in [0, 0.05) is 29.1 Å². The van der Waals surface area contributed by atoms with Crippen molar-refractivity contribution in [1.29, 1.82) is 0 Å². The van der Waals surface area contributed by atoms with E-state index in [0.717, 1.165) is 0 Å². The van der Waals surface area contributed by atoms with Crippen LogP contribution < -0.4 is 24.2 Å². The molecule has 0 atom stereocenters. The van der Waals surface area contributed by atoms with Crippen LogP contribution in [0.4, 0.5) is 11.4 Å². The standard InChI is InChI=1S/C22H22N2O6S/c1-28-19-13-17(14-20(29-2)21(19)30-3)23-22(25)15-8-7-11-18(12-15)31(26,27)24-16-9-5-4-6-10-16/h4-14,24H,1-3H3,(H,23,25). The summed E-state index contributed by atoms with van der Waals surface area (Å²) in [4.78, 5) is 12.7. The van der Waals surface area contributed by atoms with Gasteiger partial charge >= 0.3 is 0 Å². The normalized spacial score (nSPS) is 10.8. The quantitative estimate of drug-likeness (QED) is 0.551. The Balaban J connectivity index is 1.85. The van der Waals surface area contributed by atoms with Crippen LogP contribution in [0.3, 0.4) is 0 Å². The number of benzene rings is 3. The maximum absolute atomic E-state index is 12.8. The Morgan fingerprint density at radius 2 is 1.42 bits per heavy atom. The van der Waals surface area contributed by atoms with Gasteiger partial charge in [0.05, 0.1) is 26.2 Å². The first-order valence-corrected chi connectivity index (χ1v) is 10.7. The fourth-order valence-electron chi connectivity index (χ4n) is 2.88. The lowest BCUT2D eigenvalue weighted by atomic mass is 10.2. The third-order valence-electron chi connectivity index (χ3n) is 4.36. The Morgan fingerprint density at radius 1 is 0.774 bits per heavy atom. The van der Waals surface area contributed by atoms with Gasteiger partial charge in [0.1, 0.15) is 0 Å². The molecule has 0 unspecified atom stereocenters. The number of methoxy groups -OCH3 is 3. The summed E-state index contributed by atoms with van der Waals surface area (Å²) in [6.45, 7) is 0. The first kappa shape index (κ1) is 22.0. The highest BCUT2D eigenvalue weighted by molar-refractivity contribution is 7.92. The third kappa shape index (κ3) is 5.07. The lowest BCUT2D eigenvalue weighted by molar-refractivity contribution is 0.102. The van der Waals surface area contributed by atoms with E-state index in [1.165, 1.54) is 45.6 Å². The Hall–Kier alpha value is -3.72. The first-order valence-electron chi connectivity index (χ1n) is 9.17. The van der Waals surface area contributed by atoms with E-state index in [1.807, 2.05) is 0 Å². The summed E-state index contributed by atoms with van der Waals surface area (Å²) in [6.07, 6.45) is 0. The van der Waals surface area contributed by atoms with Crippen LogP contribution in [0.1, 0.15) is 10.4 Å². The lowest BCUT2D eigenvalue weighted by Crippen LogP contribution is -2.16. The van der Waals surface area contributed by atoms with Crippen molar-refractivity contribution in [3.05, 3.63) is 72.3 Å². The van der Waals surface area contributed by atoms with Crippen LogP contribution in [0.5, 0.6) is 17.2 Å². The third-order valence-corrected chi connectivity index (χ3v) is 5.73. The van der Waals surface area contributed by atoms with Crippen molar-refractivity contribution in [2.45, 2.75) is 4.90 Å². The van der Waals surface area contributed by atoms with Crippen LogP contribution in [-0.2, 0) is 10.0 Å². The minimum Gasteiger partial charge on any atom is -0.493 e. The molecule has 9 heteroatoms. The molecular weight excluding hydrogens is 420 g/mol. The maximum atomic E-state index is 12.8. The van der Waals surface area contributed by atoms with Gasteiger partial charge < -0.3 is 19.5 Å². The largest absolute Gasteiger partial charge is 0.493 e. The van der Waals surface area contributed by atoms with Crippen LogP contribution in [0.2, 0.25) is 0 Å². The Morgan fingerprint density at radius 3 is 2.00 bits per heavy atom. The summed E-state index contributed by atoms with van der Waals surface area (Å²) in [6, 6.07) is 17.4. The van der Waals surface area contributed by atoms with Crippen LogP contribution in [0.25, 0.3) is 0 Å². The molecule has 0 aliphatic rings. The Bertz CT molecular complexity index is 1150. The summed E-state index contributed by atoms with van der Waals surface area (Å²) < 4.78 is 43.7. The van der Waals surface area contributed by atoms with Crippen LogP contribution in [-0.4, -0.2) is 35.7 Å². The number of rotatable bonds is 8. The summed E-state index contributed by atoms with van der Waals surface area (Å²) >= 11 is 0. The molecule has 0 aliphatic heterocycles. The second-order valence-corrected chi connectivity index (χ2v) is 8.05. The molecule has 0 aromatic heterocycles. The van der Waals surface area contributed by atoms with Gasteiger partial charge in [-0.2, -0.15) is 0 Å². The van der Waals surface area contributed by atoms with Crippen molar-refractivity contribution >= 4 is 27.3 Å². The molecule has 8 nitrogen and oxygen atoms in total. The zero-order chi connectivity index (χ0) is 22.4. The number of ether oxygens (including phenoxy) is 3. The first-order chi connectivity index (χ1) is 14.9. The average molecular weight is 442 g/mol. The molecular formula is C22H22N2O6S. The van der Waals surface area contributed by atoms with Crippen LogP contribution >= 0.6 is 0 Å². The second-order valence-electron chi connectivity index (χ2n) is 6.37. The summed E-state index contributed by atoms with van der Waals surface area (Å²) in [5, 5.41) is 2.72. The van der Waals surface area contributed by atoms with Gasteiger partial charge in [-0.3, -0.25) is 9.52 Å². The highest BCUT2D eigenvalue weighted by atomic mass is 32.2. The van der Waals surface area contributed by atoms with Crippen molar-refractivity contribution in [2.75, 3.05) is 31.4 Å². The predicted octanol–water partition coefficient (Wildman–Crippen LogP) is 3.77. The van der Waals surface area contributed by atoms with Crippen molar-refractivity contribution < 1.29 is 27.4 Å². The number of para-hydroxylation sites is 1. The van der Waals surface area contributed by atoms with Gasteiger partial charge in [0.2, 0.25) is 5.75 Å². The fraction of sp³-hybridized carbons (Fsp3) is 0.136. The minimum atomic E-state index is -3.86. The van der Waals surface area contributed by atoms with E-state index in [1.54, 1.807) is 42.5 Å². The molecule has 162 valence electrons. The number of hydrogen-bond donors (Lipinski definition) is 2. The number of carbonyl (C=O) groups excluding carboxylic acids is 1. The Labute approximate surface area is 180 Å². The van der Waals surface area contributed by atoms with Crippen LogP contribution in [0.15, 0.2) is 71.6 Å². The smallest absolute Gasteiger partial charge is 0.261 e. The molecule has 0 heterocycles. The van der Waals surface area contributed by atoms with E-state index in [-0.39, 0.29) is 10.5 Å². The molecule has 0 spiro atoms. The summed E-state index contributed by atoms with van der Waals surface area (Å²) in [7, 11) is 0.560. The molecule has 3 rings (SSSR count). The topological polar surface area (TPSA) is 103 Å². The number of amides is 1. The molecule has 2 N–H and O–H groups in total. The van der Waals surface area contributed by atoms with Gasteiger partial charge in [-0.05, 0) is 30.3 Å². The summed E-state index contributed by atoms with van der Waals surface area (Å²) in [5.41, 5.74) is 0.995. The van der Waals surface area contributed by atoms with Gasteiger partial charge in [-0.15, -0.1) is 0 Å². The molecule has 0 fully saturated rings. The Kier molecular flexibility index (Phi) is 6.66. The molecule has 3 aromatic carbocycles. The zero-order valence-corrected chi connectivity index (χ0v) is 18.0. The molecule has 0 aliphatic carbocycles. The number of nitrogens with one attached hydrogen (secondary N) is 2. The van der Waals surface area contributed by atoms with Crippen molar-refractivity contribution in [2.24, 2.45) is 0 Å². The molecule has 0 bridgehead atoms. The molecule has 0 radical (unpaired) electrons. The van der Waals surface area contributed by atoms with E-state index in [9.17, 15) is 13.2 Å². The van der Waals surface area contributed by atoms with Crippen molar-refractivity contribution in [1.82, 2.24) is 0 Å². The number of sulfonamides is 1. The molecule has 3 aromatic rings. The van der Waals surface area contributed by atoms with E-state index in [2.05, 4.69) is 10.0 Å². The van der Waals surface area contributed by atoms with E-state index < -0.39 is 15.9 Å². The average Bonchev–Trinajstić information content (AvgIpc) is 2.78. The van der Waals surface area contributed by atoms with Gasteiger partial charge in [-0.25, -0.2) is 8.42 Å². The monoisotopic (exact) mass is 442 g/mol. The zero-order valence-electron chi connectivity index (χ0n) is 17.2. The van der Waals surface area contributed by atoms with Crippen molar-refractivity contribution in [3.63, 3.8) is 0 Å². The highest BCUT2D eigenvalue weighted by Gasteiger charge is 2.18. The SMILES string of the molecule is COc1cc(NC(=O)c2cccc(S(=O)(=O)Nc3ccccc3)c2)cc(OC)c1OC. The van der Waals surface area contributed by atoms with E-state index in [4.69, 9.17) is 14.2 Å². The maximum Gasteiger partial charge on any atom is 0.261 e. The predicted molar refractivity (Wildman–Crippen MR) is 118 cm³/mol. The van der Waals surface area contributed by atoms with Gasteiger partial charge in [-0.1, -0.05) is 24.3 Å². The molecule has 0 saturated carbocycles. The van der Waals surface area contributed by atoms with E-state index >= 15 is 0 Å². The number of anilines is 2. The second kappa shape index (κ2) is 9.40. The number of carbonyl (C=O) groups is 1. The van der Waals surface area contributed by atoms with E-state index in [0.29, 0.717) is 28.6 Å². The van der Waals surface area contributed by atoms with Gasteiger partial charge in [0.15, 0.2) is 11.5 Å². The molecule has 0 saturated heterocycles.